The first-order valence-electron chi connectivity index (χ1n) is 10.5. The quantitative estimate of drug-likeness (QED) is 0.532. The van der Waals surface area contributed by atoms with Gasteiger partial charge in [0.2, 0.25) is 0 Å². The summed E-state index contributed by atoms with van der Waals surface area (Å²) in [4.78, 5) is 6.42. The minimum Gasteiger partial charge on any atom is -0.494 e. The second-order valence-electron chi connectivity index (χ2n) is 7.64. The number of benzene rings is 2. The summed E-state index contributed by atoms with van der Waals surface area (Å²) in [6.45, 7) is 3.83. The van der Waals surface area contributed by atoms with E-state index in [0.29, 0.717) is 5.92 Å². The molecule has 3 aromatic rings. The zero-order valence-corrected chi connectivity index (χ0v) is 17.3. The lowest BCUT2D eigenvalue weighted by Gasteiger charge is -2.21. The van der Waals surface area contributed by atoms with Crippen molar-refractivity contribution in [1.29, 1.82) is 0 Å². The zero-order valence-electron chi connectivity index (χ0n) is 17.3. The van der Waals surface area contributed by atoms with Crippen LogP contribution in [0, 0.1) is 0 Å². The Morgan fingerprint density at radius 3 is 2.69 bits per heavy atom. The van der Waals surface area contributed by atoms with E-state index >= 15 is 0 Å². The van der Waals surface area contributed by atoms with Crippen molar-refractivity contribution < 1.29 is 4.74 Å². The van der Waals surface area contributed by atoms with Crippen LogP contribution in [0.25, 0.3) is 0 Å². The molecule has 1 heterocycles. The average Bonchev–Trinajstić information content (AvgIpc) is 3.19. The maximum atomic E-state index is 5.69. The number of ether oxygens (including phenoxy) is 1. The van der Waals surface area contributed by atoms with Crippen LogP contribution in [-0.4, -0.2) is 25.2 Å². The van der Waals surface area contributed by atoms with Crippen LogP contribution in [0.1, 0.15) is 36.8 Å². The Balaban J connectivity index is 1.43. The van der Waals surface area contributed by atoms with E-state index in [2.05, 4.69) is 77.7 Å². The van der Waals surface area contributed by atoms with Crippen molar-refractivity contribution in [3.05, 3.63) is 78.1 Å². The number of rotatable bonds is 8. The second kappa shape index (κ2) is 8.99. The van der Waals surface area contributed by atoms with Crippen molar-refractivity contribution in [2.24, 2.45) is 0 Å². The van der Waals surface area contributed by atoms with E-state index in [1.807, 2.05) is 12.3 Å². The molecule has 1 N–H and O–H groups in total. The first kappa shape index (κ1) is 19.3. The maximum absolute atomic E-state index is 5.69. The lowest BCUT2D eigenvalue weighted by atomic mass is 10.0. The van der Waals surface area contributed by atoms with Gasteiger partial charge < -0.3 is 15.0 Å². The fraction of sp³-hybridized carbons (Fsp3) is 0.320. The Bertz CT molecular complexity index is 925. The molecule has 0 fully saturated rings. The van der Waals surface area contributed by atoms with E-state index in [4.69, 9.17) is 4.74 Å². The highest BCUT2D eigenvalue weighted by molar-refractivity contribution is 5.65. The molecule has 29 heavy (non-hydrogen) atoms. The largest absolute Gasteiger partial charge is 0.494 e. The summed E-state index contributed by atoms with van der Waals surface area (Å²) < 4.78 is 5.69. The molecule has 0 amide bonds. The lowest BCUT2D eigenvalue weighted by molar-refractivity contribution is 0.317. The summed E-state index contributed by atoms with van der Waals surface area (Å²) in [7, 11) is 2.13. The van der Waals surface area contributed by atoms with E-state index in [-0.39, 0.29) is 0 Å². The minimum atomic E-state index is 0.555. The molecule has 1 aliphatic rings. The molecule has 4 nitrogen and oxygen atoms in total. The predicted octanol–water partition coefficient (Wildman–Crippen LogP) is 5.78. The van der Waals surface area contributed by atoms with Gasteiger partial charge >= 0.3 is 0 Å². The van der Waals surface area contributed by atoms with Gasteiger partial charge in [0.05, 0.1) is 12.3 Å². The Morgan fingerprint density at radius 2 is 1.93 bits per heavy atom. The van der Waals surface area contributed by atoms with Crippen molar-refractivity contribution in [2.75, 3.05) is 30.4 Å². The molecule has 1 atom stereocenters. The van der Waals surface area contributed by atoms with E-state index < -0.39 is 0 Å². The summed E-state index contributed by atoms with van der Waals surface area (Å²) in [6, 6.07) is 19.3. The second-order valence-corrected chi connectivity index (χ2v) is 7.64. The number of aryl methyl sites for hydroxylation is 1. The number of hydrogen-bond acceptors (Lipinski definition) is 4. The minimum absolute atomic E-state index is 0.555. The van der Waals surface area contributed by atoms with Crippen molar-refractivity contribution >= 4 is 17.1 Å². The molecule has 4 rings (SSSR count). The van der Waals surface area contributed by atoms with Gasteiger partial charge in [0, 0.05) is 43.3 Å². The summed E-state index contributed by atoms with van der Waals surface area (Å²) in [6.07, 6.45) is 7.04. The van der Waals surface area contributed by atoms with Gasteiger partial charge in [-0.1, -0.05) is 13.0 Å². The highest BCUT2D eigenvalue weighted by Crippen LogP contribution is 2.36. The van der Waals surface area contributed by atoms with E-state index in [1.54, 1.807) is 6.20 Å². The van der Waals surface area contributed by atoms with Gasteiger partial charge in [-0.05, 0) is 78.9 Å². The molecule has 0 unspecified atom stereocenters. The van der Waals surface area contributed by atoms with Crippen LogP contribution in [0.3, 0.4) is 0 Å². The van der Waals surface area contributed by atoms with Crippen LogP contribution in [0.15, 0.2) is 67.0 Å². The summed E-state index contributed by atoms with van der Waals surface area (Å²) >= 11 is 0. The van der Waals surface area contributed by atoms with Gasteiger partial charge in [-0.25, -0.2) is 0 Å². The third-order valence-electron chi connectivity index (χ3n) is 5.63. The lowest BCUT2D eigenvalue weighted by Crippen LogP contribution is -2.11. The topological polar surface area (TPSA) is 37.4 Å². The molecular weight excluding hydrogens is 358 g/mol. The summed E-state index contributed by atoms with van der Waals surface area (Å²) in [5.41, 5.74) is 6.43. The number of anilines is 3. The standard InChI is InChI=1S/C25H29N3O/c1-3-15-29-24-11-8-22(9-12-24)28(2)23-10-13-25-19(16-23)6-7-20(25)17-27-21-5-4-14-26-18-21/h4-5,8-14,16,18,20,27H,3,6-7,15,17H2,1-2H3/t20-/m0/s1. The van der Waals surface area contributed by atoms with Gasteiger partial charge in [-0.2, -0.15) is 0 Å². The van der Waals surface area contributed by atoms with Crippen molar-refractivity contribution in [1.82, 2.24) is 4.98 Å². The zero-order chi connectivity index (χ0) is 20.1. The fourth-order valence-corrected chi connectivity index (χ4v) is 3.96. The van der Waals surface area contributed by atoms with E-state index in [9.17, 15) is 0 Å². The predicted molar refractivity (Wildman–Crippen MR) is 121 cm³/mol. The smallest absolute Gasteiger partial charge is 0.119 e. The summed E-state index contributed by atoms with van der Waals surface area (Å²) in [5.74, 6) is 1.49. The van der Waals surface area contributed by atoms with Crippen molar-refractivity contribution in [2.45, 2.75) is 32.1 Å². The average molecular weight is 388 g/mol. The molecule has 0 spiro atoms. The molecule has 0 saturated heterocycles. The van der Waals surface area contributed by atoms with Gasteiger partial charge in [-0.3, -0.25) is 4.98 Å². The van der Waals surface area contributed by atoms with Crippen LogP contribution in [0.5, 0.6) is 5.75 Å². The molecular formula is C25H29N3O. The SMILES string of the molecule is CCCOc1ccc(N(C)c2ccc3c(c2)CC[C@H]3CNc2cccnc2)cc1. The normalized spacial score (nSPS) is 15.0. The van der Waals surface area contributed by atoms with E-state index in [1.165, 1.54) is 28.9 Å². The van der Waals surface area contributed by atoms with Crippen LogP contribution in [-0.2, 0) is 6.42 Å². The summed E-state index contributed by atoms with van der Waals surface area (Å²) in [5, 5.41) is 3.53. The van der Waals surface area contributed by atoms with Crippen LogP contribution < -0.4 is 15.0 Å². The molecule has 0 saturated carbocycles. The first-order valence-corrected chi connectivity index (χ1v) is 10.5. The number of hydrogen-bond donors (Lipinski definition) is 1. The molecule has 0 radical (unpaired) electrons. The molecule has 1 aromatic heterocycles. The van der Waals surface area contributed by atoms with Gasteiger partial charge in [0.25, 0.3) is 0 Å². The number of nitrogens with zero attached hydrogens (tertiary/aromatic N) is 2. The number of aromatic nitrogens is 1. The van der Waals surface area contributed by atoms with Crippen LogP contribution in [0.2, 0.25) is 0 Å². The van der Waals surface area contributed by atoms with Crippen molar-refractivity contribution in [3.8, 4) is 5.75 Å². The molecule has 4 heteroatoms. The van der Waals surface area contributed by atoms with Gasteiger partial charge in [-0.15, -0.1) is 0 Å². The molecule has 0 bridgehead atoms. The molecule has 0 aliphatic heterocycles. The third-order valence-corrected chi connectivity index (χ3v) is 5.63. The molecule has 2 aromatic carbocycles. The highest BCUT2D eigenvalue weighted by Gasteiger charge is 2.23. The van der Waals surface area contributed by atoms with Crippen LogP contribution in [0.4, 0.5) is 17.1 Å². The number of nitrogens with one attached hydrogen (secondary N) is 1. The number of pyridine rings is 1. The van der Waals surface area contributed by atoms with Gasteiger partial charge in [0.15, 0.2) is 0 Å². The Hall–Kier alpha value is -3.01. The first-order chi connectivity index (χ1) is 14.2. The van der Waals surface area contributed by atoms with Crippen molar-refractivity contribution in [3.63, 3.8) is 0 Å². The Kier molecular flexibility index (Phi) is 5.99. The molecule has 150 valence electrons. The maximum Gasteiger partial charge on any atom is 0.119 e. The Labute approximate surface area is 173 Å². The Morgan fingerprint density at radius 1 is 1.10 bits per heavy atom. The monoisotopic (exact) mass is 387 g/mol. The van der Waals surface area contributed by atoms with Crippen LogP contribution >= 0.6 is 0 Å². The number of fused-ring (bicyclic) bond motifs is 1. The highest BCUT2D eigenvalue weighted by atomic mass is 16.5. The third kappa shape index (κ3) is 4.53. The fourth-order valence-electron chi connectivity index (χ4n) is 3.96. The van der Waals surface area contributed by atoms with Gasteiger partial charge in [0.1, 0.15) is 5.75 Å². The van der Waals surface area contributed by atoms with E-state index in [0.717, 1.165) is 37.4 Å². The molecule has 1 aliphatic carbocycles.